The smallest absolute Gasteiger partial charge is 0.123 e. The molecular formula is C41H80O6. The maximum Gasteiger partial charge on any atom is 0.123 e. The van der Waals surface area contributed by atoms with Crippen LogP contribution in [0.25, 0.3) is 0 Å². The van der Waals surface area contributed by atoms with E-state index in [9.17, 15) is 14.4 Å². The third kappa shape index (κ3) is 30.4. The molecular weight excluding hydrogens is 588 g/mol. The normalized spacial score (nSPS) is 15.8. The minimum Gasteiger partial charge on any atom is -0.376 e. The van der Waals surface area contributed by atoms with Crippen molar-refractivity contribution < 1.29 is 28.6 Å². The molecule has 0 saturated carbocycles. The van der Waals surface area contributed by atoms with Crippen LogP contribution in [0.2, 0.25) is 0 Å². The highest BCUT2D eigenvalue weighted by Gasteiger charge is 2.21. The molecule has 0 bridgehead atoms. The van der Waals surface area contributed by atoms with E-state index in [2.05, 4.69) is 75.8 Å². The molecule has 0 fully saturated rings. The highest BCUT2D eigenvalue weighted by Crippen LogP contribution is 2.24. The number of aldehydes is 3. The first-order chi connectivity index (χ1) is 21.8. The third-order valence-corrected chi connectivity index (χ3v) is 9.48. The summed E-state index contributed by atoms with van der Waals surface area (Å²) in [5.74, 6) is 1.96. The maximum absolute atomic E-state index is 10.6. The zero-order chi connectivity index (χ0) is 37.1. The van der Waals surface area contributed by atoms with Gasteiger partial charge in [0.1, 0.15) is 18.9 Å². The van der Waals surface area contributed by atoms with Gasteiger partial charge in [0, 0.05) is 31.0 Å². The predicted octanol–water partition coefficient (Wildman–Crippen LogP) is 10.9. The summed E-state index contributed by atoms with van der Waals surface area (Å²) in [6, 6.07) is 0. The second-order valence-electron chi connectivity index (χ2n) is 15.8. The predicted molar refractivity (Wildman–Crippen MR) is 201 cm³/mol. The van der Waals surface area contributed by atoms with Crippen molar-refractivity contribution in [3.8, 4) is 0 Å². The van der Waals surface area contributed by atoms with E-state index in [1.165, 1.54) is 0 Å². The van der Waals surface area contributed by atoms with E-state index in [0.29, 0.717) is 24.4 Å². The van der Waals surface area contributed by atoms with Crippen LogP contribution in [-0.2, 0) is 28.6 Å². The summed E-state index contributed by atoms with van der Waals surface area (Å²) in [6.45, 7) is 35.2. The Hall–Kier alpha value is -1.37. The van der Waals surface area contributed by atoms with Gasteiger partial charge in [0.2, 0.25) is 0 Å². The summed E-state index contributed by atoms with van der Waals surface area (Å²) in [5, 5.41) is 0. The molecule has 6 heteroatoms. The van der Waals surface area contributed by atoms with Gasteiger partial charge < -0.3 is 28.6 Å². The van der Waals surface area contributed by atoms with Crippen molar-refractivity contribution in [3.05, 3.63) is 12.7 Å². The Morgan fingerprint density at radius 3 is 1.15 bits per heavy atom. The largest absolute Gasteiger partial charge is 0.376 e. The van der Waals surface area contributed by atoms with E-state index in [1.54, 1.807) is 6.08 Å². The molecule has 0 saturated heterocycles. The molecule has 6 atom stereocenters. The fourth-order valence-corrected chi connectivity index (χ4v) is 5.01. The van der Waals surface area contributed by atoms with Gasteiger partial charge in [-0.25, -0.2) is 0 Å². The summed E-state index contributed by atoms with van der Waals surface area (Å²) < 4.78 is 17.1. The Bertz CT molecular complexity index is 774. The number of ether oxygens (including phenoxy) is 3. The molecule has 0 rings (SSSR count). The van der Waals surface area contributed by atoms with Crippen molar-refractivity contribution in [2.75, 3.05) is 19.8 Å². The molecule has 0 spiro atoms. The second kappa shape index (κ2) is 28.5. The van der Waals surface area contributed by atoms with Gasteiger partial charge in [-0.05, 0) is 111 Å². The monoisotopic (exact) mass is 669 g/mol. The summed E-state index contributed by atoms with van der Waals surface area (Å²) in [5.41, 5.74) is -0.114. The van der Waals surface area contributed by atoms with Gasteiger partial charge in [-0.2, -0.15) is 0 Å². The molecule has 6 nitrogen and oxygen atoms in total. The van der Waals surface area contributed by atoms with Gasteiger partial charge in [0.25, 0.3) is 0 Å². The molecule has 0 aromatic heterocycles. The Morgan fingerprint density at radius 1 is 0.553 bits per heavy atom. The van der Waals surface area contributed by atoms with Crippen LogP contribution in [0.3, 0.4) is 0 Å². The Labute approximate surface area is 292 Å². The quantitative estimate of drug-likeness (QED) is 0.0674. The lowest BCUT2D eigenvalue weighted by Crippen LogP contribution is -2.25. The lowest BCUT2D eigenvalue weighted by Gasteiger charge is -2.26. The summed E-state index contributed by atoms with van der Waals surface area (Å²) in [6.07, 6.45) is 15.8. The van der Waals surface area contributed by atoms with E-state index < -0.39 is 0 Å². The molecule has 0 amide bonds. The van der Waals surface area contributed by atoms with Crippen LogP contribution in [0.4, 0.5) is 0 Å². The van der Waals surface area contributed by atoms with Crippen LogP contribution < -0.4 is 0 Å². The molecule has 0 aromatic carbocycles. The number of rotatable bonds is 26. The molecule has 47 heavy (non-hydrogen) atoms. The minimum atomic E-state index is -0.0850. The Balaban J connectivity index is -0.000000618. The van der Waals surface area contributed by atoms with Crippen LogP contribution in [-0.4, -0.2) is 55.5 Å². The zero-order valence-corrected chi connectivity index (χ0v) is 33.6. The first-order valence-electron chi connectivity index (χ1n) is 18.7. The van der Waals surface area contributed by atoms with Gasteiger partial charge in [0.15, 0.2) is 0 Å². The fourth-order valence-electron chi connectivity index (χ4n) is 5.01. The number of hydrogen-bond acceptors (Lipinski definition) is 6. The van der Waals surface area contributed by atoms with Crippen LogP contribution in [0.15, 0.2) is 12.7 Å². The van der Waals surface area contributed by atoms with E-state index in [0.717, 1.165) is 96.3 Å². The van der Waals surface area contributed by atoms with E-state index in [-0.39, 0.29) is 34.6 Å². The minimum absolute atomic E-state index is 0.0137. The molecule has 0 aliphatic rings. The van der Waals surface area contributed by atoms with Crippen LogP contribution in [0.5, 0.6) is 0 Å². The van der Waals surface area contributed by atoms with Crippen molar-refractivity contribution in [2.45, 2.75) is 178 Å². The number of hydrogen-bond donors (Lipinski definition) is 0. The SMILES string of the molecule is C=CCOC(C)(C)CCCC(C)C(C)C=O.CCCOC(C)(C)CCCC(C)C(C)C=O.CCOC(C)(C)CCCC(C)C(C)C=O. The first-order valence-corrected chi connectivity index (χ1v) is 18.7. The number of carbonyl (C=O) groups is 3. The first kappa shape index (κ1) is 50.0. The molecule has 0 aliphatic carbocycles. The van der Waals surface area contributed by atoms with Crippen molar-refractivity contribution in [1.82, 2.24) is 0 Å². The molecule has 0 radical (unpaired) electrons. The van der Waals surface area contributed by atoms with Gasteiger partial charge in [-0.3, -0.25) is 0 Å². The van der Waals surface area contributed by atoms with Gasteiger partial charge in [0.05, 0.1) is 23.4 Å². The van der Waals surface area contributed by atoms with Crippen molar-refractivity contribution in [2.24, 2.45) is 35.5 Å². The average molecular weight is 669 g/mol. The standard InChI is InChI=1S/C14H28O2.C14H26O2.C13H26O2/c2*1-6-10-16-14(4,5)9-7-8-12(2)13(3)11-15;1-6-15-13(4,5)9-7-8-11(2)12(3)10-14/h11-13H,6-10H2,1-5H3;6,11-13H,1,7-10H2,2-5H3;10-12H,6-9H2,1-5H3. The molecule has 0 N–H and O–H groups in total. The zero-order valence-electron chi connectivity index (χ0n) is 33.6. The lowest BCUT2D eigenvalue weighted by molar-refractivity contribution is -0.112. The highest BCUT2D eigenvalue weighted by atomic mass is 16.5. The summed E-state index contributed by atoms with van der Waals surface area (Å²) >= 11 is 0. The van der Waals surface area contributed by atoms with E-state index >= 15 is 0 Å². The highest BCUT2D eigenvalue weighted by molar-refractivity contribution is 5.53. The van der Waals surface area contributed by atoms with Crippen molar-refractivity contribution >= 4 is 18.9 Å². The topological polar surface area (TPSA) is 78.9 Å². The fraction of sp³-hybridized carbons (Fsp3) is 0.878. The van der Waals surface area contributed by atoms with Crippen molar-refractivity contribution in [1.29, 1.82) is 0 Å². The Morgan fingerprint density at radius 2 is 0.872 bits per heavy atom. The molecule has 0 aromatic rings. The van der Waals surface area contributed by atoms with Crippen LogP contribution in [0, 0.1) is 35.5 Å². The van der Waals surface area contributed by atoms with Crippen molar-refractivity contribution in [3.63, 3.8) is 0 Å². The average Bonchev–Trinajstić information content (AvgIpc) is 3.01. The molecule has 0 aliphatic heterocycles. The third-order valence-electron chi connectivity index (χ3n) is 9.48. The van der Waals surface area contributed by atoms with Crippen LogP contribution >= 0.6 is 0 Å². The lowest BCUT2D eigenvalue weighted by atomic mass is 9.90. The van der Waals surface area contributed by atoms with E-state index in [1.807, 2.05) is 27.7 Å². The molecule has 0 heterocycles. The summed E-state index contributed by atoms with van der Waals surface area (Å²) in [4.78, 5) is 31.8. The van der Waals surface area contributed by atoms with Crippen LogP contribution in [0.1, 0.15) is 161 Å². The van der Waals surface area contributed by atoms with Gasteiger partial charge in [-0.15, -0.1) is 6.58 Å². The number of carbonyl (C=O) groups excluding carboxylic acids is 3. The molecule has 6 unspecified atom stereocenters. The maximum atomic E-state index is 10.6. The summed E-state index contributed by atoms with van der Waals surface area (Å²) in [7, 11) is 0. The van der Waals surface area contributed by atoms with E-state index in [4.69, 9.17) is 14.2 Å². The van der Waals surface area contributed by atoms with Gasteiger partial charge in [-0.1, -0.05) is 73.8 Å². The Kier molecular flexibility index (Phi) is 30.3. The molecule has 280 valence electrons. The second-order valence-corrected chi connectivity index (χ2v) is 15.8. The van der Waals surface area contributed by atoms with Gasteiger partial charge >= 0.3 is 0 Å².